The number of hydrogen-bond acceptors (Lipinski definition) is 5. The van der Waals surface area contributed by atoms with Crippen LogP contribution in [0.5, 0.6) is 5.75 Å². The predicted molar refractivity (Wildman–Crippen MR) is 113 cm³/mol. The Bertz CT molecular complexity index is 1140. The van der Waals surface area contributed by atoms with E-state index in [1.165, 1.54) is 12.0 Å². The van der Waals surface area contributed by atoms with Crippen LogP contribution in [-0.4, -0.2) is 28.9 Å². The largest absolute Gasteiger partial charge is 0.507 e. The maximum absolute atomic E-state index is 13.1. The van der Waals surface area contributed by atoms with E-state index in [-0.39, 0.29) is 11.3 Å². The molecular weight excluding hydrogens is 380 g/mol. The molecule has 0 radical (unpaired) electrons. The molecule has 0 saturated carbocycles. The fourth-order valence-electron chi connectivity index (χ4n) is 3.59. The Morgan fingerprint density at radius 1 is 1.03 bits per heavy atom. The third-order valence-corrected chi connectivity index (χ3v) is 5.12. The molecule has 2 heterocycles. The molecule has 0 spiro atoms. The summed E-state index contributed by atoms with van der Waals surface area (Å²) in [7, 11) is 1.52. The minimum Gasteiger partial charge on any atom is -0.507 e. The first-order chi connectivity index (χ1) is 14.5. The number of carbonyl (C=O) groups excluding carboxylic acids is 2. The van der Waals surface area contributed by atoms with Crippen molar-refractivity contribution < 1.29 is 19.4 Å². The predicted octanol–water partition coefficient (Wildman–Crippen LogP) is 4.02. The van der Waals surface area contributed by atoms with Gasteiger partial charge in [-0.05, 0) is 48.9 Å². The molecule has 1 aliphatic rings. The zero-order chi connectivity index (χ0) is 21.3. The summed E-state index contributed by atoms with van der Waals surface area (Å²) < 4.78 is 5.22. The third-order valence-electron chi connectivity index (χ3n) is 5.12. The second-order valence-corrected chi connectivity index (χ2v) is 7.02. The fraction of sp³-hybridized carbons (Fsp3) is 0.125. The number of ketones is 1. The van der Waals surface area contributed by atoms with Crippen molar-refractivity contribution in [2.24, 2.45) is 0 Å². The number of rotatable bonds is 4. The Morgan fingerprint density at radius 3 is 2.40 bits per heavy atom. The summed E-state index contributed by atoms with van der Waals surface area (Å²) >= 11 is 0. The second kappa shape index (κ2) is 7.83. The van der Waals surface area contributed by atoms with E-state index in [1.54, 1.807) is 60.9 Å². The normalized spacial score (nSPS) is 17.9. The van der Waals surface area contributed by atoms with Crippen LogP contribution >= 0.6 is 0 Å². The maximum atomic E-state index is 13.1. The molecule has 1 fully saturated rings. The van der Waals surface area contributed by atoms with Crippen LogP contribution in [-0.2, 0) is 9.59 Å². The number of benzene rings is 2. The van der Waals surface area contributed by atoms with E-state index in [9.17, 15) is 14.7 Å². The molecule has 0 bridgehead atoms. The van der Waals surface area contributed by atoms with Crippen LogP contribution in [0.25, 0.3) is 5.76 Å². The average Bonchev–Trinajstić information content (AvgIpc) is 3.05. The standard InChI is InChI=1S/C24H20N2O4/c1-15-6-8-18(9-7-15)26-21(16-10-12-25-13-11-16)20(23(28)24(26)29)22(27)17-4-3-5-19(14-17)30-2/h3-14,21,27H,1-2H3/b22-20-. The highest BCUT2D eigenvalue weighted by molar-refractivity contribution is 6.51. The maximum Gasteiger partial charge on any atom is 0.300 e. The number of amides is 1. The molecule has 6 heteroatoms. The zero-order valence-electron chi connectivity index (χ0n) is 16.6. The number of pyridine rings is 1. The number of Topliss-reactive ketones (excluding diaryl/α,β-unsaturated/α-hetero) is 1. The Labute approximate surface area is 174 Å². The van der Waals surface area contributed by atoms with Gasteiger partial charge < -0.3 is 9.84 Å². The molecule has 1 aromatic heterocycles. The lowest BCUT2D eigenvalue weighted by atomic mass is 9.95. The molecule has 4 rings (SSSR count). The molecule has 3 aromatic rings. The van der Waals surface area contributed by atoms with E-state index in [0.717, 1.165) is 5.56 Å². The number of methoxy groups -OCH3 is 1. The molecule has 2 aromatic carbocycles. The number of aliphatic hydroxyl groups is 1. The number of ether oxygens (including phenoxy) is 1. The van der Waals surface area contributed by atoms with Gasteiger partial charge in [-0.15, -0.1) is 0 Å². The van der Waals surface area contributed by atoms with Gasteiger partial charge in [-0.25, -0.2) is 0 Å². The van der Waals surface area contributed by atoms with Gasteiger partial charge in [0.05, 0.1) is 18.7 Å². The Morgan fingerprint density at radius 2 is 1.73 bits per heavy atom. The van der Waals surface area contributed by atoms with Gasteiger partial charge in [0.25, 0.3) is 11.7 Å². The number of hydrogen-bond donors (Lipinski definition) is 1. The lowest BCUT2D eigenvalue weighted by Crippen LogP contribution is -2.29. The van der Waals surface area contributed by atoms with Crippen LogP contribution in [0.15, 0.2) is 78.6 Å². The molecule has 150 valence electrons. The number of anilines is 1. The van der Waals surface area contributed by atoms with Gasteiger partial charge in [-0.2, -0.15) is 0 Å². The summed E-state index contributed by atoms with van der Waals surface area (Å²) in [5.74, 6) is -1.14. The van der Waals surface area contributed by atoms with Crippen molar-refractivity contribution >= 4 is 23.1 Å². The smallest absolute Gasteiger partial charge is 0.300 e. The molecule has 30 heavy (non-hydrogen) atoms. The molecule has 1 N–H and O–H groups in total. The van der Waals surface area contributed by atoms with Crippen LogP contribution in [0, 0.1) is 6.92 Å². The molecule has 1 atom stereocenters. The molecule has 1 aliphatic heterocycles. The van der Waals surface area contributed by atoms with E-state index in [2.05, 4.69) is 4.98 Å². The molecule has 1 saturated heterocycles. The summed E-state index contributed by atoms with van der Waals surface area (Å²) in [6, 6.07) is 16.8. The van der Waals surface area contributed by atoms with E-state index in [1.807, 2.05) is 19.1 Å². The van der Waals surface area contributed by atoms with Crippen molar-refractivity contribution in [3.05, 3.63) is 95.3 Å². The van der Waals surface area contributed by atoms with Crippen molar-refractivity contribution in [1.82, 2.24) is 4.98 Å². The summed E-state index contributed by atoms with van der Waals surface area (Å²) in [4.78, 5) is 31.5. The third kappa shape index (κ3) is 3.33. The number of aromatic nitrogens is 1. The minimum absolute atomic E-state index is 0.0278. The molecule has 0 aliphatic carbocycles. The van der Waals surface area contributed by atoms with Gasteiger partial charge in [-0.3, -0.25) is 19.5 Å². The first-order valence-corrected chi connectivity index (χ1v) is 9.43. The summed E-state index contributed by atoms with van der Waals surface area (Å²) in [5.41, 5.74) is 2.71. The zero-order valence-corrected chi connectivity index (χ0v) is 16.6. The van der Waals surface area contributed by atoms with E-state index < -0.39 is 17.7 Å². The van der Waals surface area contributed by atoms with Crippen molar-refractivity contribution in [2.75, 3.05) is 12.0 Å². The van der Waals surface area contributed by atoms with E-state index >= 15 is 0 Å². The van der Waals surface area contributed by atoms with E-state index in [0.29, 0.717) is 22.6 Å². The summed E-state index contributed by atoms with van der Waals surface area (Å²) in [6.45, 7) is 1.95. The van der Waals surface area contributed by atoms with Gasteiger partial charge >= 0.3 is 0 Å². The van der Waals surface area contributed by atoms with Crippen molar-refractivity contribution in [2.45, 2.75) is 13.0 Å². The quantitative estimate of drug-likeness (QED) is 0.406. The van der Waals surface area contributed by atoms with Crippen LogP contribution in [0.2, 0.25) is 0 Å². The lowest BCUT2D eigenvalue weighted by molar-refractivity contribution is -0.132. The van der Waals surface area contributed by atoms with Gasteiger partial charge in [0.15, 0.2) is 0 Å². The van der Waals surface area contributed by atoms with E-state index in [4.69, 9.17) is 4.74 Å². The minimum atomic E-state index is -0.776. The number of aryl methyl sites for hydroxylation is 1. The van der Waals surface area contributed by atoms with Gasteiger partial charge in [0, 0.05) is 23.6 Å². The van der Waals surface area contributed by atoms with Crippen LogP contribution < -0.4 is 9.64 Å². The second-order valence-electron chi connectivity index (χ2n) is 7.02. The molecule has 6 nitrogen and oxygen atoms in total. The van der Waals surface area contributed by atoms with Crippen molar-refractivity contribution in [3.63, 3.8) is 0 Å². The highest BCUT2D eigenvalue weighted by Crippen LogP contribution is 2.42. The first-order valence-electron chi connectivity index (χ1n) is 9.43. The molecular formula is C24H20N2O4. The van der Waals surface area contributed by atoms with Gasteiger partial charge in [0.1, 0.15) is 11.5 Å². The highest BCUT2D eigenvalue weighted by atomic mass is 16.5. The Kier molecular flexibility index (Phi) is 5.06. The monoisotopic (exact) mass is 400 g/mol. The first kappa shape index (κ1) is 19.4. The SMILES string of the molecule is COc1cccc(/C(O)=C2/C(=O)C(=O)N(c3ccc(C)cc3)C2c2ccncc2)c1. The van der Waals surface area contributed by atoms with Crippen LogP contribution in [0.4, 0.5) is 5.69 Å². The Balaban J connectivity index is 1.93. The Hall–Kier alpha value is -3.93. The number of aliphatic hydroxyl groups excluding tert-OH is 1. The average molecular weight is 400 g/mol. The van der Waals surface area contributed by atoms with Gasteiger partial charge in [-0.1, -0.05) is 29.8 Å². The number of carbonyl (C=O) groups is 2. The topological polar surface area (TPSA) is 79.7 Å². The summed E-state index contributed by atoms with van der Waals surface area (Å²) in [6.07, 6.45) is 3.19. The molecule has 1 amide bonds. The van der Waals surface area contributed by atoms with Crippen LogP contribution in [0.1, 0.15) is 22.7 Å². The van der Waals surface area contributed by atoms with Crippen LogP contribution in [0.3, 0.4) is 0 Å². The molecule has 1 unspecified atom stereocenters. The number of nitrogens with zero attached hydrogens (tertiary/aromatic N) is 2. The fourth-order valence-corrected chi connectivity index (χ4v) is 3.59. The lowest BCUT2D eigenvalue weighted by Gasteiger charge is -2.25. The summed E-state index contributed by atoms with van der Waals surface area (Å²) in [5, 5.41) is 11.1. The van der Waals surface area contributed by atoms with Crippen molar-refractivity contribution in [1.29, 1.82) is 0 Å². The van der Waals surface area contributed by atoms with Crippen molar-refractivity contribution in [3.8, 4) is 5.75 Å². The van der Waals surface area contributed by atoms with Gasteiger partial charge in [0.2, 0.25) is 0 Å². The highest BCUT2D eigenvalue weighted by Gasteiger charge is 2.46.